The van der Waals surface area contributed by atoms with E-state index in [0.29, 0.717) is 7.18 Å². The zero-order valence-electron chi connectivity index (χ0n) is 7.30. The maximum Gasteiger partial charge on any atom is 0.0898 e. The van der Waals surface area contributed by atoms with Gasteiger partial charge in [0.1, 0.15) is 0 Å². The lowest BCUT2D eigenvalue weighted by atomic mass is 10.2. The molecule has 1 aliphatic carbocycles. The van der Waals surface area contributed by atoms with Crippen molar-refractivity contribution < 1.29 is 4.39 Å². The largest absolute Gasteiger partial charge is 0.320 e. The predicted molar refractivity (Wildman–Crippen MR) is 49.0 cm³/mol. The summed E-state index contributed by atoms with van der Waals surface area (Å²) in [4.78, 5) is 4.34. The van der Waals surface area contributed by atoms with Gasteiger partial charge < -0.3 is 5.73 Å². The molecule has 1 aromatic heterocycles. The second-order valence-electron chi connectivity index (χ2n) is 2.91. The van der Waals surface area contributed by atoms with Crippen LogP contribution < -0.4 is 5.73 Å². The number of aromatic nitrogens is 1. The average Bonchev–Trinajstić information content (AvgIpc) is 2.66. The van der Waals surface area contributed by atoms with Crippen LogP contribution in [0, 0.1) is 6.92 Å². The fraction of sp³-hybridized carbons (Fsp3) is 0.625. The summed E-state index contributed by atoms with van der Waals surface area (Å²) in [5, 5.41) is 3.19. The number of hydrogen-bond acceptors (Lipinski definition) is 3. The summed E-state index contributed by atoms with van der Waals surface area (Å²) in [5.74, 6) is 0. The molecular weight excluding hydrogens is 175 g/mol. The highest BCUT2D eigenvalue weighted by Crippen LogP contribution is 2.42. The summed E-state index contributed by atoms with van der Waals surface area (Å²) in [6.45, 7) is 2.01. The van der Waals surface area contributed by atoms with Crippen LogP contribution in [0.3, 0.4) is 0 Å². The molecule has 0 unspecified atom stereocenters. The van der Waals surface area contributed by atoms with Gasteiger partial charge in [-0.1, -0.05) is 0 Å². The molecule has 0 saturated heterocycles. The number of halogens is 1. The highest BCUT2D eigenvalue weighted by molar-refractivity contribution is 7.09. The van der Waals surface area contributed by atoms with E-state index in [4.69, 9.17) is 5.73 Å². The standard InChI is InChI=1S/C7H10N2S.CH3F/c1-5-9-6(4-10-5)7(8)2-3-7;1-2/h4H,2-3,8H2,1H3;1H3. The third-order valence-electron chi connectivity index (χ3n) is 1.92. The van der Waals surface area contributed by atoms with Gasteiger partial charge in [-0.15, -0.1) is 11.3 Å². The molecule has 2 nitrogen and oxygen atoms in total. The first kappa shape index (κ1) is 9.61. The first-order valence-corrected chi connectivity index (χ1v) is 4.68. The summed E-state index contributed by atoms with van der Waals surface area (Å²) < 4.78 is 9.50. The van der Waals surface area contributed by atoms with E-state index in [1.807, 2.05) is 6.92 Å². The van der Waals surface area contributed by atoms with Crippen molar-refractivity contribution in [2.45, 2.75) is 25.3 Å². The van der Waals surface area contributed by atoms with E-state index in [0.717, 1.165) is 23.5 Å². The molecule has 0 amide bonds. The number of nitrogens with zero attached hydrogens (tertiary/aromatic N) is 1. The zero-order valence-corrected chi connectivity index (χ0v) is 8.12. The van der Waals surface area contributed by atoms with E-state index in [2.05, 4.69) is 10.4 Å². The molecule has 68 valence electrons. The highest BCUT2D eigenvalue weighted by atomic mass is 32.1. The van der Waals surface area contributed by atoms with Crippen LogP contribution in [0.15, 0.2) is 5.38 Å². The van der Waals surface area contributed by atoms with E-state index in [-0.39, 0.29) is 5.54 Å². The average molecular weight is 188 g/mol. The SMILES string of the molecule is CF.Cc1nc(C2(N)CC2)cs1. The molecule has 2 N–H and O–H groups in total. The van der Waals surface area contributed by atoms with Crippen molar-refractivity contribution in [2.75, 3.05) is 7.18 Å². The van der Waals surface area contributed by atoms with Gasteiger partial charge in [-0.2, -0.15) is 0 Å². The summed E-state index contributed by atoms with van der Waals surface area (Å²) in [7, 11) is 0.500. The van der Waals surface area contributed by atoms with E-state index in [1.165, 1.54) is 0 Å². The lowest BCUT2D eigenvalue weighted by molar-refractivity contribution is 0.636. The lowest BCUT2D eigenvalue weighted by Crippen LogP contribution is -2.18. The van der Waals surface area contributed by atoms with Gasteiger partial charge in [0, 0.05) is 5.38 Å². The van der Waals surface area contributed by atoms with Crippen molar-refractivity contribution >= 4 is 11.3 Å². The quantitative estimate of drug-likeness (QED) is 0.732. The molecule has 1 heterocycles. The predicted octanol–water partition coefficient (Wildman–Crippen LogP) is 1.99. The van der Waals surface area contributed by atoms with Gasteiger partial charge in [0.15, 0.2) is 0 Å². The normalized spacial score (nSPS) is 18.0. The molecule has 1 aromatic rings. The van der Waals surface area contributed by atoms with Crippen LogP contribution in [0.5, 0.6) is 0 Å². The van der Waals surface area contributed by atoms with E-state index in [9.17, 15) is 4.39 Å². The van der Waals surface area contributed by atoms with Crippen molar-refractivity contribution in [3.63, 3.8) is 0 Å². The van der Waals surface area contributed by atoms with Crippen LogP contribution in [0.25, 0.3) is 0 Å². The van der Waals surface area contributed by atoms with Crippen LogP contribution in [0.1, 0.15) is 23.5 Å². The van der Waals surface area contributed by atoms with Crippen molar-refractivity contribution in [1.82, 2.24) is 4.98 Å². The topological polar surface area (TPSA) is 38.9 Å². The minimum absolute atomic E-state index is 0.0369. The summed E-state index contributed by atoms with van der Waals surface area (Å²) >= 11 is 1.68. The van der Waals surface area contributed by atoms with Crippen LogP contribution in [0.2, 0.25) is 0 Å². The van der Waals surface area contributed by atoms with Crippen molar-refractivity contribution in [3.8, 4) is 0 Å². The first-order valence-electron chi connectivity index (χ1n) is 3.80. The number of aryl methyl sites for hydroxylation is 1. The Morgan fingerprint density at radius 1 is 1.58 bits per heavy atom. The van der Waals surface area contributed by atoms with Gasteiger partial charge in [-0.25, -0.2) is 4.98 Å². The Balaban J connectivity index is 0.000000336. The summed E-state index contributed by atoms with van der Waals surface area (Å²) in [5.41, 5.74) is 6.98. The molecule has 0 atom stereocenters. The van der Waals surface area contributed by atoms with Crippen molar-refractivity contribution in [3.05, 3.63) is 16.1 Å². The molecule has 0 spiro atoms. The van der Waals surface area contributed by atoms with Gasteiger partial charge in [0.25, 0.3) is 0 Å². The molecule has 0 radical (unpaired) electrons. The van der Waals surface area contributed by atoms with Crippen LogP contribution in [-0.4, -0.2) is 12.2 Å². The molecule has 12 heavy (non-hydrogen) atoms. The monoisotopic (exact) mass is 188 g/mol. The minimum atomic E-state index is -0.0369. The lowest BCUT2D eigenvalue weighted by Gasteiger charge is -2.01. The van der Waals surface area contributed by atoms with E-state index < -0.39 is 0 Å². The molecule has 0 bridgehead atoms. The molecular formula is C8H13FN2S. The number of alkyl halides is 1. The number of thiazole rings is 1. The third-order valence-corrected chi connectivity index (χ3v) is 2.69. The van der Waals surface area contributed by atoms with Crippen LogP contribution >= 0.6 is 11.3 Å². The number of rotatable bonds is 1. The Kier molecular flexibility index (Phi) is 2.80. The fourth-order valence-electron chi connectivity index (χ4n) is 0.983. The minimum Gasteiger partial charge on any atom is -0.320 e. The smallest absolute Gasteiger partial charge is 0.0898 e. The maximum atomic E-state index is 9.50. The van der Waals surface area contributed by atoms with Crippen molar-refractivity contribution in [2.24, 2.45) is 5.73 Å². The molecule has 1 saturated carbocycles. The van der Waals surface area contributed by atoms with Gasteiger partial charge in [0.2, 0.25) is 0 Å². The summed E-state index contributed by atoms with van der Waals surface area (Å²) in [6.07, 6.45) is 2.21. The Labute approximate surface area is 75.6 Å². The fourth-order valence-corrected chi connectivity index (χ4v) is 1.70. The first-order chi connectivity index (χ1) is 5.71. The molecule has 1 fully saturated rings. The Hall–Kier alpha value is -0.480. The van der Waals surface area contributed by atoms with Gasteiger partial charge in [-0.05, 0) is 19.8 Å². The van der Waals surface area contributed by atoms with Crippen LogP contribution in [0.4, 0.5) is 4.39 Å². The third kappa shape index (κ3) is 1.81. The number of hydrogen-bond donors (Lipinski definition) is 1. The molecule has 0 aromatic carbocycles. The van der Waals surface area contributed by atoms with E-state index in [1.54, 1.807) is 11.3 Å². The van der Waals surface area contributed by atoms with Gasteiger partial charge >= 0.3 is 0 Å². The Morgan fingerprint density at radius 2 is 2.17 bits per heavy atom. The van der Waals surface area contributed by atoms with E-state index >= 15 is 0 Å². The zero-order chi connectivity index (χ0) is 9.19. The summed E-state index contributed by atoms with van der Waals surface area (Å²) in [6, 6.07) is 0. The molecule has 2 rings (SSSR count). The van der Waals surface area contributed by atoms with Gasteiger partial charge in [-0.3, -0.25) is 4.39 Å². The number of nitrogens with two attached hydrogens (primary N) is 1. The second kappa shape index (κ2) is 3.49. The highest BCUT2D eigenvalue weighted by Gasteiger charge is 2.41. The molecule has 4 heteroatoms. The van der Waals surface area contributed by atoms with Gasteiger partial charge in [0.05, 0.1) is 23.4 Å². The maximum absolute atomic E-state index is 9.50. The van der Waals surface area contributed by atoms with Crippen LogP contribution in [-0.2, 0) is 5.54 Å². The Morgan fingerprint density at radius 3 is 2.50 bits per heavy atom. The second-order valence-corrected chi connectivity index (χ2v) is 3.97. The Bertz CT molecular complexity index is 255. The van der Waals surface area contributed by atoms with Crippen molar-refractivity contribution in [1.29, 1.82) is 0 Å². The molecule has 0 aliphatic heterocycles. The molecule has 1 aliphatic rings.